The molecule has 1 aromatic heterocycles. The molecule has 0 radical (unpaired) electrons. The molecule has 4 aromatic rings. The summed E-state index contributed by atoms with van der Waals surface area (Å²) < 4.78 is 22.5. The van der Waals surface area contributed by atoms with Crippen LogP contribution in [-0.2, 0) is 11.4 Å². The Morgan fingerprint density at radius 1 is 0.952 bits per heavy atom. The molecule has 0 spiro atoms. The molecule has 0 N–H and O–H groups in total. The molecule has 1 fully saturated rings. The first-order chi connectivity index (χ1) is 20.5. The summed E-state index contributed by atoms with van der Waals surface area (Å²) in [5, 5.41) is 4.90. The van der Waals surface area contributed by atoms with Gasteiger partial charge in [-0.05, 0) is 42.8 Å². The topological polar surface area (TPSA) is 47.4 Å². The molecule has 8 heteroatoms. The van der Waals surface area contributed by atoms with Crippen LogP contribution in [0.15, 0.2) is 90.0 Å². The van der Waals surface area contributed by atoms with Gasteiger partial charge < -0.3 is 4.74 Å². The molecule has 216 valence electrons. The van der Waals surface area contributed by atoms with E-state index in [-0.39, 0.29) is 18.3 Å². The highest BCUT2D eigenvalue weighted by Crippen LogP contribution is 2.35. The lowest BCUT2D eigenvalue weighted by Gasteiger charge is -2.14. The zero-order valence-corrected chi connectivity index (χ0v) is 25.3. The average molecular weight is 600 g/mol. The fourth-order valence-corrected chi connectivity index (χ4v) is 6.12. The van der Waals surface area contributed by atoms with E-state index >= 15 is 0 Å². The van der Waals surface area contributed by atoms with Gasteiger partial charge >= 0.3 is 0 Å². The molecule has 0 atom stereocenters. The average Bonchev–Trinajstić information content (AvgIpc) is 3.55. The highest BCUT2D eigenvalue weighted by Gasteiger charge is 2.32. The van der Waals surface area contributed by atoms with Crippen molar-refractivity contribution in [1.29, 1.82) is 0 Å². The van der Waals surface area contributed by atoms with E-state index in [0.29, 0.717) is 32.8 Å². The fraction of sp³-hybridized carbons (Fsp3) is 0.265. The SMILES string of the molecule is CCCCCCCCN1C(=O)/C(=C/c2cn(-c3ccccc3)nc2-c2cccc(OCc3ccccc3F)c2)SC1=S. The van der Waals surface area contributed by atoms with Crippen LogP contribution in [0.2, 0.25) is 0 Å². The quantitative estimate of drug-likeness (QED) is 0.0873. The Morgan fingerprint density at radius 3 is 2.52 bits per heavy atom. The number of halogens is 1. The van der Waals surface area contributed by atoms with Crippen LogP contribution in [0.3, 0.4) is 0 Å². The molecule has 5 rings (SSSR count). The summed E-state index contributed by atoms with van der Waals surface area (Å²) in [6.07, 6.45) is 10.7. The molecule has 0 saturated carbocycles. The third kappa shape index (κ3) is 7.36. The van der Waals surface area contributed by atoms with Crippen LogP contribution in [0.1, 0.15) is 56.6 Å². The number of aromatic nitrogens is 2. The number of rotatable bonds is 13. The maximum atomic E-state index is 14.1. The van der Waals surface area contributed by atoms with E-state index < -0.39 is 0 Å². The van der Waals surface area contributed by atoms with Gasteiger partial charge in [0.2, 0.25) is 0 Å². The third-order valence-corrected chi connectivity index (χ3v) is 8.50. The Bertz CT molecular complexity index is 1570. The predicted octanol–water partition coefficient (Wildman–Crippen LogP) is 8.82. The molecule has 3 aromatic carbocycles. The maximum Gasteiger partial charge on any atom is 0.266 e. The van der Waals surface area contributed by atoms with E-state index in [2.05, 4.69) is 6.92 Å². The third-order valence-electron chi connectivity index (χ3n) is 7.12. The number of amides is 1. The van der Waals surface area contributed by atoms with Crippen molar-refractivity contribution in [1.82, 2.24) is 14.7 Å². The monoisotopic (exact) mass is 599 g/mol. The minimum Gasteiger partial charge on any atom is -0.489 e. The molecule has 1 amide bonds. The second kappa shape index (κ2) is 14.4. The number of carbonyl (C=O) groups excluding carboxylic acids is 1. The van der Waals surface area contributed by atoms with E-state index in [1.807, 2.05) is 71.6 Å². The molecule has 5 nitrogen and oxygen atoms in total. The number of hydrogen-bond acceptors (Lipinski definition) is 5. The molecular formula is C34H34FN3O2S2. The van der Waals surface area contributed by atoms with Crippen molar-refractivity contribution in [3.05, 3.63) is 107 Å². The summed E-state index contributed by atoms with van der Waals surface area (Å²) in [6, 6.07) is 24.0. The number of benzene rings is 3. The van der Waals surface area contributed by atoms with Crippen molar-refractivity contribution >= 4 is 40.3 Å². The van der Waals surface area contributed by atoms with Gasteiger partial charge in [-0.1, -0.05) is 112 Å². The summed E-state index contributed by atoms with van der Waals surface area (Å²) in [5.41, 5.74) is 3.71. The van der Waals surface area contributed by atoms with Gasteiger partial charge in [-0.25, -0.2) is 9.07 Å². The Morgan fingerprint density at radius 2 is 1.71 bits per heavy atom. The number of para-hydroxylation sites is 1. The predicted molar refractivity (Wildman–Crippen MR) is 173 cm³/mol. The van der Waals surface area contributed by atoms with Crippen LogP contribution < -0.4 is 4.74 Å². The van der Waals surface area contributed by atoms with Gasteiger partial charge in [0.25, 0.3) is 5.91 Å². The van der Waals surface area contributed by atoms with Gasteiger partial charge in [-0.2, -0.15) is 5.10 Å². The lowest BCUT2D eigenvalue weighted by Crippen LogP contribution is -2.29. The molecule has 1 aliphatic rings. The van der Waals surface area contributed by atoms with Crippen LogP contribution in [0, 0.1) is 5.82 Å². The van der Waals surface area contributed by atoms with E-state index in [1.165, 1.54) is 43.5 Å². The second-order valence-electron chi connectivity index (χ2n) is 10.2. The van der Waals surface area contributed by atoms with Gasteiger partial charge in [0.05, 0.1) is 10.6 Å². The minimum atomic E-state index is -0.300. The molecule has 2 heterocycles. The largest absolute Gasteiger partial charge is 0.489 e. The molecule has 0 unspecified atom stereocenters. The normalized spacial score (nSPS) is 14.2. The van der Waals surface area contributed by atoms with E-state index in [4.69, 9.17) is 22.1 Å². The zero-order chi connectivity index (χ0) is 29.3. The van der Waals surface area contributed by atoms with E-state index in [0.717, 1.165) is 29.7 Å². The summed E-state index contributed by atoms with van der Waals surface area (Å²) in [4.78, 5) is 15.7. The summed E-state index contributed by atoms with van der Waals surface area (Å²) in [7, 11) is 0. The lowest BCUT2D eigenvalue weighted by atomic mass is 10.1. The molecule has 0 bridgehead atoms. The van der Waals surface area contributed by atoms with Gasteiger partial charge in [-0.3, -0.25) is 9.69 Å². The first kappa shape index (κ1) is 29.7. The zero-order valence-electron chi connectivity index (χ0n) is 23.7. The molecular weight excluding hydrogens is 566 g/mol. The lowest BCUT2D eigenvalue weighted by molar-refractivity contribution is -0.122. The highest BCUT2D eigenvalue weighted by molar-refractivity contribution is 8.26. The van der Waals surface area contributed by atoms with Gasteiger partial charge in [0.1, 0.15) is 28.2 Å². The van der Waals surface area contributed by atoms with Gasteiger partial charge in [0, 0.05) is 29.4 Å². The van der Waals surface area contributed by atoms with Crippen molar-refractivity contribution in [3.8, 4) is 22.7 Å². The van der Waals surface area contributed by atoms with Crippen LogP contribution in [0.4, 0.5) is 4.39 Å². The fourth-order valence-electron chi connectivity index (χ4n) is 4.82. The van der Waals surface area contributed by atoms with Crippen LogP contribution in [-0.4, -0.2) is 31.5 Å². The summed E-state index contributed by atoms with van der Waals surface area (Å²) in [5.74, 6) is 0.242. The number of ether oxygens (including phenoxy) is 1. The number of unbranched alkanes of at least 4 members (excludes halogenated alkanes) is 5. The van der Waals surface area contributed by atoms with Crippen LogP contribution in [0.25, 0.3) is 23.0 Å². The Labute approximate surface area is 256 Å². The second-order valence-corrected chi connectivity index (χ2v) is 11.9. The smallest absolute Gasteiger partial charge is 0.266 e. The Hall–Kier alpha value is -3.75. The molecule has 0 aliphatic carbocycles. The molecule has 1 saturated heterocycles. The van der Waals surface area contributed by atoms with Crippen molar-refractivity contribution in [2.45, 2.75) is 52.1 Å². The first-order valence-corrected chi connectivity index (χ1v) is 15.6. The summed E-state index contributed by atoms with van der Waals surface area (Å²) >= 11 is 6.94. The minimum absolute atomic E-state index is 0.0565. The van der Waals surface area contributed by atoms with E-state index in [9.17, 15) is 9.18 Å². The number of thiocarbonyl (C=S) groups is 1. The number of thioether (sulfide) groups is 1. The van der Waals surface area contributed by atoms with Crippen LogP contribution >= 0.6 is 24.0 Å². The number of hydrogen-bond donors (Lipinski definition) is 0. The van der Waals surface area contributed by atoms with Gasteiger partial charge in [-0.15, -0.1) is 0 Å². The standard InChI is InChI=1S/C34H34FN3O2S2/c1-2-3-4-5-6-12-20-37-33(39)31(42-34(37)41)22-27-23-38(28-16-8-7-9-17-28)36-32(27)25-15-13-18-29(21-25)40-24-26-14-10-11-19-30(26)35/h7-11,13-19,21-23H,2-6,12,20,24H2,1H3/b31-22-. The van der Waals surface area contributed by atoms with Crippen molar-refractivity contribution in [2.24, 2.45) is 0 Å². The first-order valence-electron chi connectivity index (χ1n) is 14.4. The number of carbonyl (C=O) groups is 1. The van der Waals surface area contributed by atoms with Crippen LogP contribution in [0.5, 0.6) is 5.75 Å². The molecule has 42 heavy (non-hydrogen) atoms. The Kier molecular flexibility index (Phi) is 10.2. The van der Waals surface area contributed by atoms with Crippen molar-refractivity contribution < 1.29 is 13.9 Å². The van der Waals surface area contributed by atoms with Gasteiger partial charge in [0.15, 0.2) is 0 Å². The number of nitrogens with zero attached hydrogens (tertiary/aromatic N) is 3. The maximum absolute atomic E-state index is 14.1. The van der Waals surface area contributed by atoms with E-state index in [1.54, 1.807) is 23.1 Å². The van der Waals surface area contributed by atoms with Crippen molar-refractivity contribution in [3.63, 3.8) is 0 Å². The van der Waals surface area contributed by atoms with Crippen molar-refractivity contribution in [2.75, 3.05) is 6.54 Å². The Balaban J connectivity index is 1.39. The highest BCUT2D eigenvalue weighted by atomic mass is 32.2. The molecule has 1 aliphatic heterocycles. The summed E-state index contributed by atoms with van der Waals surface area (Å²) in [6.45, 7) is 2.97.